The van der Waals surface area contributed by atoms with E-state index in [-0.39, 0.29) is 45.0 Å². The fraction of sp³-hybridized carbons (Fsp3) is 0.222. The Balaban J connectivity index is 1.47. The molecule has 0 bridgehead atoms. The molecule has 1 fully saturated rings. The first-order valence-corrected chi connectivity index (χ1v) is 12.1. The van der Waals surface area contributed by atoms with Crippen molar-refractivity contribution in [3.05, 3.63) is 86.6 Å². The molecule has 3 aromatic carbocycles. The number of nitriles is 1. The number of aryl methyl sites for hydroxylation is 1. The third-order valence-electron chi connectivity index (χ3n) is 5.75. The zero-order valence-corrected chi connectivity index (χ0v) is 21.3. The van der Waals surface area contributed by atoms with Crippen molar-refractivity contribution in [2.45, 2.75) is 13.3 Å². The van der Waals surface area contributed by atoms with Gasteiger partial charge in [0.05, 0.1) is 36.3 Å². The molecule has 0 aliphatic carbocycles. The predicted octanol–water partition coefficient (Wildman–Crippen LogP) is 5.76. The molecule has 0 unspecified atom stereocenters. The van der Waals surface area contributed by atoms with Crippen molar-refractivity contribution in [2.75, 3.05) is 31.6 Å². The Morgan fingerprint density at radius 3 is 2.59 bits per heavy atom. The largest absolute Gasteiger partial charge is 0.453 e. The molecule has 2 amide bonds. The van der Waals surface area contributed by atoms with Crippen LogP contribution in [0, 0.1) is 24.1 Å². The first-order valence-electron chi connectivity index (χ1n) is 11.4. The van der Waals surface area contributed by atoms with Gasteiger partial charge in [-0.15, -0.1) is 0 Å². The Morgan fingerprint density at radius 1 is 1.14 bits per heavy atom. The Hall–Kier alpha value is -3.64. The number of ether oxygens (including phenoxy) is 2. The average Bonchev–Trinajstić information content (AvgIpc) is 2.89. The molecule has 1 heterocycles. The lowest BCUT2D eigenvalue weighted by Crippen LogP contribution is -2.40. The van der Waals surface area contributed by atoms with Crippen molar-refractivity contribution in [3.63, 3.8) is 0 Å². The minimum atomic E-state index is -0.802. The van der Waals surface area contributed by atoms with E-state index in [0.717, 1.165) is 0 Å². The SMILES string of the molecule is Cc1cc(C(=O)N2CCOCC2)ccc1NC(=O)Cc1ccc(Cl)c(Oc2cc(Cl)cc(C#N)c2)c1F. The first kappa shape index (κ1) is 26.4. The Morgan fingerprint density at radius 2 is 1.89 bits per heavy atom. The minimum Gasteiger partial charge on any atom is -0.453 e. The van der Waals surface area contributed by atoms with Crippen molar-refractivity contribution >= 4 is 40.7 Å². The van der Waals surface area contributed by atoms with E-state index < -0.39 is 11.7 Å². The second-order valence-corrected chi connectivity index (χ2v) is 9.24. The molecule has 0 spiro atoms. The number of hydrogen-bond acceptors (Lipinski definition) is 5. The van der Waals surface area contributed by atoms with E-state index in [9.17, 15) is 9.59 Å². The van der Waals surface area contributed by atoms with E-state index in [1.54, 1.807) is 30.0 Å². The number of nitrogens with one attached hydrogen (secondary N) is 1. The number of benzene rings is 3. The number of carbonyl (C=O) groups excluding carboxylic acids is 2. The molecule has 0 radical (unpaired) electrons. The summed E-state index contributed by atoms with van der Waals surface area (Å²) in [7, 11) is 0. The number of morpholine rings is 1. The fourth-order valence-electron chi connectivity index (χ4n) is 3.86. The highest BCUT2D eigenvalue weighted by atomic mass is 35.5. The number of halogens is 3. The lowest BCUT2D eigenvalue weighted by Gasteiger charge is -2.27. The van der Waals surface area contributed by atoms with Crippen molar-refractivity contribution in [1.82, 2.24) is 4.90 Å². The van der Waals surface area contributed by atoms with E-state index >= 15 is 4.39 Å². The van der Waals surface area contributed by atoms with Crippen molar-refractivity contribution < 1.29 is 23.5 Å². The maximum absolute atomic E-state index is 15.3. The zero-order valence-electron chi connectivity index (χ0n) is 19.8. The molecule has 190 valence electrons. The lowest BCUT2D eigenvalue weighted by molar-refractivity contribution is -0.115. The van der Waals surface area contributed by atoms with Gasteiger partial charge in [-0.05, 0) is 55.0 Å². The highest BCUT2D eigenvalue weighted by Crippen LogP contribution is 2.35. The van der Waals surface area contributed by atoms with Crippen LogP contribution in [0.5, 0.6) is 11.5 Å². The third kappa shape index (κ3) is 6.38. The number of anilines is 1. The predicted molar refractivity (Wildman–Crippen MR) is 138 cm³/mol. The molecule has 1 saturated heterocycles. The highest BCUT2D eigenvalue weighted by molar-refractivity contribution is 6.32. The Kier molecular flexibility index (Phi) is 8.29. The second-order valence-electron chi connectivity index (χ2n) is 8.40. The van der Waals surface area contributed by atoms with Crippen molar-refractivity contribution in [3.8, 4) is 17.6 Å². The summed E-state index contributed by atoms with van der Waals surface area (Å²) in [5.41, 5.74) is 2.03. The van der Waals surface area contributed by atoms with Gasteiger partial charge < -0.3 is 19.7 Å². The minimum absolute atomic E-state index is 0.00323. The molecule has 0 aromatic heterocycles. The molecular weight excluding hydrogens is 520 g/mol. The van der Waals surface area contributed by atoms with Gasteiger partial charge in [-0.2, -0.15) is 5.26 Å². The third-order valence-corrected chi connectivity index (χ3v) is 6.26. The average molecular weight is 542 g/mol. The molecule has 1 N–H and O–H groups in total. The van der Waals surface area contributed by atoms with E-state index in [0.29, 0.717) is 43.1 Å². The van der Waals surface area contributed by atoms with Crippen LogP contribution < -0.4 is 10.1 Å². The summed E-state index contributed by atoms with van der Waals surface area (Å²) in [6, 6.07) is 14.1. The zero-order chi connectivity index (χ0) is 26.5. The van der Waals surface area contributed by atoms with Crippen LogP contribution in [0.2, 0.25) is 10.0 Å². The maximum Gasteiger partial charge on any atom is 0.254 e. The van der Waals surface area contributed by atoms with Crippen LogP contribution in [0.15, 0.2) is 48.5 Å². The molecule has 4 rings (SSSR count). The van der Waals surface area contributed by atoms with Gasteiger partial charge >= 0.3 is 0 Å². The van der Waals surface area contributed by atoms with Gasteiger partial charge in [-0.25, -0.2) is 4.39 Å². The monoisotopic (exact) mass is 541 g/mol. The molecular formula is C27H22Cl2FN3O4. The summed E-state index contributed by atoms with van der Waals surface area (Å²) in [6.07, 6.45) is -0.285. The van der Waals surface area contributed by atoms with Crippen LogP contribution in [0.4, 0.5) is 10.1 Å². The molecule has 1 aliphatic heterocycles. The standard InChI is InChI=1S/C27H22Cl2FN3O4/c1-16-10-19(27(35)33-6-8-36-9-7-33)3-5-23(16)32-24(34)13-18-2-4-22(29)26(25(18)30)37-21-12-17(15-31)11-20(28)14-21/h2-5,10-12,14H,6-9,13H2,1H3,(H,32,34). The van der Waals surface area contributed by atoms with E-state index in [1.807, 2.05) is 6.07 Å². The normalized spacial score (nSPS) is 13.1. The lowest BCUT2D eigenvalue weighted by atomic mass is 10.1. The van der Waals surface area contributed by atoms with Gasteiger partial charge in [0.25, 0.3) is 5.91 Å². The fourth-order valence-corrected chi connectivity index (χ4v) is 4.27. The van der Waals surface area contributed by atoms with Crippen LogP contribution in [0.1, 0.15) is 27.0 Å². The maximum atomic E-state index is 15.3. The number of hydrogen-bond donors (Lipinski definition) is 1. The van der Waals surface area contributed by atoms with Gasteiger partial charge in [0, 0.05) is 34.9 Å². The topological polar surface area (TPSA) is 91.7 Å². The number of amides is 2. The summed E-state index contributed by atoms with van der Waals surface area (Å²) in [6.45, 7) is 3.86. The molecule has 37 heavy (non-hydrogen) atoms. The van der Waals surface area contributed by atoms with Crippen LogP contribution in [-0.2, 0) is 16.0 Å². The van der Waals surface area contributed by atoms with Crippen LogP contribution in [-0.4, -0.2) is 43.0 Å². The van der Waals surface area contributed by atoms with Crippen LogP contribution in [0.3, 0.4) is 0 Å². The second kappa shape index (κ2) is 11.6. The van der Waals surface area contributed by atoms with Crippen molar-refractivity contribution in [1.29, 1.82) is 5.26 Å². The summed E-state index contributed by atoms with van der Waals surface area (Å²) in [5, 5.41) is 12.1. The summed E-state index contributed by atoms with van der Waals surface area (Å²) in [4.78, 5) is 27.2. The number of rotatable bonds is 6. The summed E-state index contributed by atoms with van der Waals surface area (Å²) < 4.78 is 26.1. The quantitative estimate of drug-likeness (QED) is 0.428. The molecule has 0 atom stereocenters. The summed E-state index contributed by atoms with van der Waals surface area (Å²) in [5.74, 6) is -1.50. The van der Waals surface area contributed by atoms with E-state index in [1.165, 1.54) is 30.3 Å². The Labute approximate surface area is 223 Å². The van der Waals surface area contributed by atoms with Crippen LogP contribution >= 0.6 is 23.2 Å². The van der Waals surface area contributed by atoms with E-state index in [2.05, 4.69) is 5.32 Å². The molecule has 0 saturated carbocycles. The molecule has 10 heteroatoms. The molecule has 7 nitrogen and oxygen atoms in total. The number of nitrogens with zero attached hydrogens (tertiary/aromatic N) is 2. The van der Waals surface area contributed by atoms with Gasteiger partial charge in [0.15, 0.2) is 11.6 Å². The molecule has 1 aliphatic rings. The highest BCUT2D eigenvalue weighted by Gasteiger charge is 2.20. The smallest absolute Gasteiger partial charge is 0.254 e. The van der Waals surface area contributed by atoms with E-state index in [4.69, 9.17) is 37.9 Å². The van der Waals surface area contributed by atoms with Crippen molar-refractivity contribution in [2.24, 2.45) is 0 Å². The van der Waals surface area contributed by atoms with Gasteiger partial charge in [0.2, 0.25) is 5.91 Å². The van der Waals surface area contributed by atoms with Gasteiger partial charge in [0.1, 0.15) is 5.75 Å². The van der Waals surface area contributed by atoms with Gasteiger partial charge in [-0.1, -0.05) is 29.3 Å². The van der Waals surface area contributed by atoms with Gasteiger partial charge in [-0.3, -0.25) is 9.59 Å². The molecule has 3 aromatic rings. The summed E-state index contributed by atoms with van der Waals surface area (Å²) >= 11 is 12.1. The van der Waals surface area contributed by atoms with Crippen LogP contribution in [0.25, 0.3) is 0 Å². The Bertz CT molecular complexity index is 1400. The number of carbonyl (C=O) groups is 2. The first-order chi connectivity index (χ1) is 17.7.